The van der Waals surface area contributed by atoms with Gasteiger partial charge in [0.15, 0.2) is 0 Å². The summed E-state index contributed by atoms with van der Waals surface area (Å²) in [6.07, 6.45) is 0.671. The van der Waals surface area contributed by atoms with Crippen molar-refractivity contribution in [1.82, 2.24) is 9.97 Å². The van der Waals surface area contributed by atoms with Gasteiger partial charge in [-0.15, -0.1) is 11.3 Å². The molecule has 146 valence electrons. The Morgan fingerprint density at radius 3 is 2.55 bits per heavy atom. The molecule has 0 spiro atoms. The van der Waals surface area contributed by atoms with Gasteiger partial charge < -0.3 is 4.74 Å². The lowest BCUT2D eigenvalue weighted by atomic mass is 10.0. The molecule has 0 saturated heterocycles. The predicted molar refractivity (Wildman–Crippen MR) is 117 cm³/mol. The summed E-state index contributed by atoms with van der Waals surface area (Å²) in [5.41, 5.74) is 6.19. The van der Waals surface area contributed by atoms with Crippen molar-refractivity contribution in [3.63, 3.8) is 0 Å². The van der Waals surface area contributed by atoms with E-state index in [0.29, 0.717) is 12.0 Å². The van der Waals surface area contributed by atoms with E-state index in [2.05, 4.69) is 41.2 Å². The van der Waals surface area contributed by atoms with Crippen molar-refractivity contribution in [3.05, 3.63) is 82.0 Å². The highest BCUT2D eigenvalue weighted by Gasteiger charge is 2.19. The molecule has 0 saturated carbocycles. The highest BCUT2D eigenvalue weighted by Crippen LogP contribution is 2.26. The van der Waals surface area contributed by atoms with Crippen LogP contribution in [0.25, 0.3) is 21.5 Å². The van der Waals surface area contributed by atoms with Crippen LogP contribution >= 0.6 is 11.3 Å². The summed E-state index contributed by atoms with van der Waals surface area (Å²) < 4.78 is 5.62. The zero-order chi connectivity index (χ0) is 20.4. The molecule has 0 radical (unpaired) electrons. The van der Waals surface area contributed by atoms with E-state index in [4.69, 9.17) is 4.74 Å². The van der Waals surface area contributed by atoms with Crippen molar-refractivity contribution >= 4 is 28.2 Å². The number of hydrogen-bond donors (Lipinski definition) is 0. The Balaban J connectivity index is 1.55. The van der Waals surface area contributed by atoms with Gasteiger partial charge in [-0.1, -0.05) is 55.0 Å². The van der Waals surface area contributed by atoms with Gasteiger partial charge in [-0.25, -0.2) is 9.78 Å². The highest BCUT2D eigenvalue weighted by atomic mass is 32.1. The number of carbonyl (C=O) groups is 1. The number of aryl methyl sites for hydroxylation is 3. The van der Waals surface area contributed by atoms with Crippen LogP contribution in [0.4, 0.5) is 0 Å². The maximum absolute atomic E-state index is 12.9. The molecule has 0 atom stereocenters. The molecule has 0 bridgehead atoms. The Labute approximate surface area is 174 Å². The van der Waals surface area contributed by atoms with Gasteiger partial charge in [0.2, 0.25) is 0 Å². The van der Waals surface area contributed by atoms with Gasteiger partial charge in [-0.3, -0.25) is 4.98 Å². The smallest absolute Gasteiger partial charge is 0.340 e. The SMILES string of the molecule is CCc1nc2ccccc2c(C)c1C(=O)OCc1csc(-c2ccc(C)cc2)n1. The van der Waals surface area contributed by atoms with Crippen molar-refractivity contribution in [2.75, 3.05) is 0 Å². The Kier molecular flexibility index (Phi) is 5.41. The van der Waals surface area contributed by atoms with Crippen molar-refractivity contribution in [3.8, 4) is 10.6 Å². The summed E-state index contributed by atoms with van der Waals surface area (Å²) in [4.78, 5) is 22.2. The summed E-state index contributed by atoms with van der Waals surface area (Å²) in [6.45, 7) is 6.17. The fourth-order valence-electron chi connectivity index (χ4n) is 3.38. The molecule has 0 fully saturated rings. The first-order chi connectivity index (χ1) is 14.1. The van der Waals surface area contributed by atoms with Crippen molar-refractivity contribution in [1.29, 1.82) is 0 Å². The molecule has 2 heterocycles. The maximum atomic E-state index is 12.9. The van der Waals surface area contributed by atoms with Gasteiger partial charge in [-0.2, -0.15) is 0 Å². The average Bonchev–Trinajstić information content (AvgIpc) is 3.21. The molecular weight excluding hydrogens is 380 g/mol. The molecule has 4 nitrogen and oxygen atoms in total. The number of hydrogen-bond acceptors (Lipinski definition) is 5. The van der Waals surface area contributed by atoms with E-state index in [1.54, 1.807) is 11.3 Å². The third kappa shape index (κ3) is 3.91. The Bertz CT molecular complexity index is 1180. The molecule has 2 aromatic carbocycles. The molecule has 29 heavy (non-hydrogen) atoms. The van der Waals surface area contributed by atoms with E-state index < -0.39 is 0 Å². The molecule has 2 aromatic heterocycles. The zero-order valence-corrected chi connectivity index (χ0v) is 17.5. The molecule has 0 unspecified atom stereocenters. The lowest BCUT2D eigenvalue weighted by Gasteiger charge is -2.13. The summed E-state index contributed by atoms with van der Waals surface area (Å²) in [7, 11) is 0. The predicted octanol–water partition coefficient (Wildman–Crippen LogP) is 5.89. The standard InChI is InChI=1S/C24H22N2O2S/c1-4-20-22(16(3)19-7-5-6-8-21(19)26-20)24(27)28-13-18-14-29-23(25-18)17-11-9-15(2)10-12-17/h5-12,14H,4,13H2,1-3H3. The molecule has 0 aliphatic rings. The lowest BCUT2D eigenvalue weighted by Crippen LogP contribution is -2.12. The van der Waals surface area contributed by atoms with Crippen LogP contribution in [-0.4, -0.2) is 15.9 Å². The monoisotopic (exact) mass is 402 g/mol. The topological polar surface area (TPSA) is 52.1 Å². The van der Waals surface area contributed by atoms with Gasteiger partial charge in [0.05, 0.1) is 22.5 Å². The number of benzene rings is 2. The van der Waals surface area contributed by atoms with Gasteiger partial charge in [0.1, 0.15) is 11.6 Å². The molecule has 0 N–H and O–H groups in total. The van der Waals surface area contributed by atoms with E-state index >= 15 is 0 Å². The zero-order valence-electron chi connectivity index (χ0n) is 16.7. The van der Waals surface area contributed by atoms with Gasteiger partial charge >= 0.3 is 5.97 Å². The second-order valence-electron chi connectivity index (χ2n) is 7.02. The summed E-state index contributed by atoms with van der Waals surface area (Å²) in [5, 5.41) is 3.84. The number of pyridine rings is 1. The normalized spacial score (nSPS) is 11.0. The van der Waals surface area contributed by atoms with Crippen LogP contribution in [0.2, 0.25) is 0 Å². The van der Waals surface area contributed by atoms with Crippen LogP contribution in [0, 0.1) is 13.8 Å². The van der Waals surface area contributed by atoms with Crippen molar-refractivity contribution in [2.24, 2.45) is 0 Å². The number of carbonyl (C=O) groups excluding carboxylic acids is 1. The van der Waals surface area contributed by atoms with Crippen LogP contribution < -0.4 is 0 Å². The molecule has 0 aliphatic carbocycles. The Hall–Kier alpha value is -3.05. The Morgan fingerprint density at radius 2 is 1.79 bits per heavy atom. The number of fused-ring (bicyclic) bond motifs is 1. The number of para-hydroxylation sites is 1. The molecule has 4 aromatic rings. The van der Waals surface area contributed by atoms with Crippen LogP contribution in [0.3, 0.4) is 0 Å². The lowest BCUT2D eigenvalue weighted by molar-refractivity contribution is 0.0466. The summed E-state index contributed by atoms with van der Waals surface area (Å²) in [6, 6.07) is 16.1. The first-order valence-corrected chi connectivity index (χ1v) is 10.5. The van der Waals surface area contributed by atoms with E-state index in [-0.39, 0.29) is 12.6 Å². The van der Waals surface area contributed by atoms with E-state index in [0.717, 1.165) is 38.4 Å². The minimum absolute atomic E-state index is 0.149. The minimum atomic E-state index is -0.345. The van der Waals surface area contributed by atoms with Gasteiger partial charge in [-0.05, 0) is 31.9 Å². The second-order valence-corrected chi connectivity index (χ2v) is 7.87. The number of rotatable bonds is 5. The van der Waals surface area contributed by atoms with E-state index in [1.807, 2.05) is 43.5 Å². The van der Waals surface area contributed by atoms with Crippen molar-refractivity contribution < 1.29 is 9.53 Å². The fourth-order valence-corrected chi connectivity index (χ4v) is 4.19. The van der Waals surface area contributed by atoms with E-state index in [1.165, 1.54) is 5.56 Å². The number of esters is 1. The van der Waals surface area contributed by atoms with E-state index in [9.17, 15) is 4.79 Å². The number of nitrogens with zero attached hydrogens (tertiary/aromatic N) is 2. The minimum Gasteiger partial charge on any atom is -0.455 e. The quantitative estimate of drug-likeness (QED) is 0.390. The number of thiazole rings is 1. The van der Waals surface area contributed by atoms with Crippen LogP contribution in [0.5, 0.6) is 0 Å². The molecule has 0 amide bonds. The highest BCUT2D eigenvalue weighted by molar-refractivity contribution is 7.13. The van der Waals surface area contributed by atoms with Gasteiger partial charge in [0, 0.05) is 16.3 Å². The summed E-state index contributed by atoms with van der Waals surface area (Å²) >= 11 is 1.55. The molecule has 5 heteroatoms. The molecular formula is C24H22N2O2S. The van der Waals surface area contributed by atoms with Gasteiger partial charge in [0.25, 0.3) is 0 Å². The van der Waals surface area contributed by atoms with Crippen LogP contribution in [0.15, 0.2) is 53.9 Å². The largest absolute Gasteiger partial charge is 0.455 e. The average molecular weight is 403 g/mol. The molecule has 4 rings (SSSR count). The summed E-state index contributed by atoms with van der Waals surface area (Å²) in [5.74, 6) is -0.345. The van der Waals surface area contributed by atoms with Crippen molar-refractivity contribution in [2.45, 2.75) is 33.8 Å². The number of aromatic nitrogens is 2. The Morgan fingerprint density at radius 1 is 1.03 bits per heavy atom. The second kappa shape index (κ2) is 8.13. The number of ether oxygens (including phenoxy) is 1. The third-order valence-corrected chi connectivity index (χ3v) is 5.91. The maximum Gasteiger partial charge on any atom is 0.340 e. The van der Waals surface area contributed by atoms with Crippen LogP contribution in [-0.2, 0) is 17.8 Å². The fraction of sp³-hybridized carbons (Fsp3) is 0.208. The van der Waals surface area contributed by atoms with Crippen LogP contribution in [0.1, 0.15) is 39.8 Å². The first-order valence-electron chi connectivity index (χ1n) is 9.63. The third-order valence-electron chi connectivity index (χ3n) is 4.97. The molecule has 0 aliphatic heterocycles. The first kappa shape index (κ1) is 19.3.